The Labute approximate surface area is 114 Å². The first-order valence-electron chi connectivity index (χ1n) is 6.11. The predicted octanol–water partition coefficient (Wildman–Crippen LogP) is -2.02. The molecule has 0 unspecified atom stereocenters. The molecule has 5 N–H and O–H groups in total. The van der Waals surface area contributed by atoms with E-state index in [1.54, 1.807) is 0 Å². The maximum Gasteiger partial charge on any atom is 0.326 e. The summed E-state index contributed by atoms with van der Waals surface area (Å²) in [5, 5.41) is 19.7. The van der Waals surface area contributed by atoms with Crippen molar-refractivity contribution in [3.63, 3.8) is 0 Å². The summed E-state index contributed by atoms with van der Waals surface area (Å²) in [6.07, 6.45) is -0.149. The van der Waals surface area contributed by atoms with Crippen molar-refractivity contribution in [3.8, 4) is 0 Å². The fourth-order valence-electron chi connectivity index (χ4n) is 1.87. The van der Waals surface area contributed by atoms with Gasteiger partial charge in [0.15, 0.2) is 0 Å². The molecule has 112 valence electrons. The Balaban J connectivity index is 2.56. The number of nitrogens with zero attached hydrogens (tertiary/aromatic N) is 1. The number of amides is 2. The second kappa shape index (κ2) is 6.85. The number of carbonyl (C=O) groups is 4. The molecule has 0 radical (unpaired) electrons. The van der Waals surface area contributed by atoms with E-state index >= 15 is 0 Å². The highest BCUT2D eigenvalue weighted by atomic mass is 16.4. The van der Waals surface area contributed by atoms with Gasteiger partial charge in [-0.25, -0.2) is 4.79 Å². The van der Waals surface area contributed by atoms with Crippen molar-refractivity contribution < 1.29 is 29.4 Å². The third-order valence-electron chi connectivity index (χ3n) is 3.08. The van der Waals surface area contributed by atoms with E-state index < -0.39 is 29.9 Å². The molecule has 0 aromatic carbocycles. The Morgan fingerprint density at radius 3 is 2.35 bits per heavy atom. The van der Waals surface area contributed by atoms with Gasteiger partial charge in [0.25, 0.3) is 0 Å². The van der Waals surface area contributed by atoms with Gasteiger partial charge in [0.05, 0.1) is 6.54 Å². The summed E-state index contributed by atoms with van der Waals surface area (Å²) in [6.45, 7) is 0.187. The molecule has 2 amide bonds. The molecule has 1 aliphatic rings. The molecule has 0 saturated carbocycles. The maximum atomic E-state index is 11.9. The minimum atomic E-state index is -1.31. The van der Waals surface area contributed by atoms with E-state index in [-0.39, 0.29) is 25.3 Å². The highest BCUT2D eigenvalue weighted by Crippen LogP contribution is 2.17. The number of nitrogens with one attached hydrogen (secondary N) is 1. The molecular weight excluding hydrogens is 270 g/mol. The number of carboxylic acids is 2. The molecule has 9 nitrogen and oxygen atoms in total. The Hall–Kier alpha value is -2.16. The number of hydrogen-bond donors (Lipinski definition) is 4. The molecule has 0 spiro atoms. The lowest BCUT2D eigenvalue weighted by Crippen LogP contribution is -2.61. The zero-order chi connectivity index (χ0) is 15.3. The van der Waals surface area contributed by atoms with E-state index in [0.29, 0.717) is 13.0 Å². The largest absolute Gasteiger partial charge is 0.481 e. The lowest BCUT2D eigenvalue weighted by molar-refractivity contribution is -0.149. The zero-order valence-corrected chi connectivity index (χ0v) is 10.7. The van der Waals surface area contributed by atoms with Gasteiger partial charge in [0.2, 0.25) is 11.8 Å². The van der Waals surface area contributed by atoms with Crippen molar-refractivity contribution in [3.05, 3.63) is 0 Å². The van der Waals surface area contributed by atoms with Crippen molar-refractivity contribution >= 4 is 23.8 Å². The van der Waals surface area contributed by atoms with Crippen LogP contribution in [0, 0.1) is 0 Å². The predicted molar refractivity (Wildman–Crippen MR) is 65.6 cm³/mol. The van der Waals surface area contributed by atoms with E-state index in [1.807, 2.05) is 0 Å². The molecule has 20 heavy (non-hydrogen) atoms. The van der Waals surface area contributed by atoms with Crippen LogP contribution in [0.15, 0.2) is 0 Å². The van der Waals surface area contributed by atoms with Gasteiger partial charge in [-0.2, -0.15) is 0 Å². The van der Waals surface area contributed by atoms with Crippen molar-refractivity contribution in [1.82, 2.24) is 10.2 Å². The molecule has 0 aromatic rings. The van der Waals surface area contributed by atoms with Gasteiger partial charge in [-0.05, 0) is 12.8 Å². The van der Waals surface area contributed by atoms with Crippen LogP contribution in [0.5, 0.6) is 0 Å². The quantitative estimate of drug-likeness (QED) is 0.422. The number of nitrogens with two attached hydrogens (primary N) is 1. The first kappa shape index (κ1) is 15.9. The molecule has 1 fully saturated rings. The highest BCUT2D eigenvalue weighted by Gasteiger charge is 2.38. The number of likely N-dealkylation sites (tertiary alicyclic amines) is 1. The first-order chi connectivity index (χ1) is 9.36. The summed E-state index contributed by atoms with van der Waals surface area (Å²) in [5.74, 6) is -3.44. The van der Waals surface area contributed by atoms with Crippen LogP contribution in [-0.4, -0.2) is 64.0 Å². The third kappa shape index (κ3) is 3.92. The van der Waals surface area contributed by atoms with Gasteiger partial charge in [0.1, 0.15) is 12.1 Å². The number of rotatable bonds is 7. The van der Waals surface area contributed by atoms with Crippen LogP contribution in [-0.2, 0) is 19.2 Å². The zero-order valence-electron chi connectivity index (χ0n) is 10.7. The fraction of sp³-hybridized carbons (Fsp3) is 0.636. The van der Waals surface area contributed by atoms with Crippen LogP contribution in [0.4, 0.5) is 0 Å². The van der Waals surface area contributed by atoms with Gasteiger partial charge >= 0.3 is 11.9 Å². The molecule has 0 bridgehead atoms. The van der Waals surface area contributed by atoms with Gasteiger partial charge in [-0.1, -0.05) is 0 Å². The summed E-state index contributed by atoms with van der Waals surface area (Å²) >= 11 is 0. The number of carboxylic acid groups (broad SMARTS) is 2. The molecule has 2 atom stereocenters. The second-order valence-corrected chi connectivity index (χ2v) is 4.43. The second-order valence-electron chi connectivity index (χ2n) is 4.43. The summed E-state index contributed by atoms with van der Waals surface area (Å²) in [4.78, 5) is 45.9. The van der Waals surface area contributed by atoms with Gasteiger partial charge < -0.3 is 26.2 Å². The number of aliphatic carboxylic acids is 2. The smallest absolute Gasteiger partial charge is 0.326 e. The minimum Gasteiger partial charge on any atom is -0.481 e. The van der Waals surface area contributed by atoms with Crippen molar-refractivity contribution in [2.45, 2.75) is 31.3 Å². The normalized spacial score (nSPS) is 18.9. The van der Waals surface area contributed by atoms with Crippen LogP contribution >= 0.6 is 0 Å². The minimum absolute atomic E-state index is 0.214. The SMILES string of the molecule is NCC(=O)N1CC[C@H]1C(=O)N[C@@H](CCC(=O)O)C(=O)O. The Morgan fingerprint density at radius 1 is 1.30 bits per heavy atom. The van der Waals surface area contributed by atoms with Crippen molar-refractivity contribution in [2.24, 2.45) is 5.73 Å². The van der Waals surface area contributed by atoms with Gasteiger partial charge in [-0.15, -0.1) is 0 Å². The standard InChI is InChI=1S/C11H17N3O6/c12-5-8(15)14-4-3-7(14)10(18)13-6(11(19)20)1-2-9(16)17/h6-7H,1-5,12H2,(H,13,18)(H,16,17)(H,19,20)/t6-,7-/m0/s1. The number of carbonyl (C=O) groups excluding carboxylic acids is 2. The summed E-state index contributed by atoms with van der Waals surface area (Å²) in [7, 11) is 0. The molecular formula is C11H17N3O6. The average molecular weight is 287 g/mol. The molecule has 0 aliphatic carbocycles. The molecule has 1 heterocycles. The van der Waals surface area contributed by atoms with Crippen LogP contribution in [0.1, 0.15) is 19.3 Å². The number of hydrogen-bond acceptors (Lipinski definition) is 5. The highest BCUT2D eigenvalue weighted by molar-refractivity contribution is 5.92. The molecule has 1 aliphatic heterocycles. The molecule has 0 aromatic heterocycles. The van der Waals surface area contributed by atoms with Crippen LogP contribution < -0.4 is 11.1 Å². The topological polar surface area (TPSA) is 150 Å². The molecule has 9 heteroatoms. The van der Waals surface area contributed by atoms with E-state index in [1.165, 1.54) is 4.90 Å². The van der Waals surface area contributed by atoms with Gasteiger partial charge in [0, 0.05) is 13.0 Å². The maximum absolute atomic E-state index is 11.9. The Morgan fingerprint density at radius 2 is 1.95 bits per heavy atom. The van der Waals surface area contributed by atoms with Crippen LogP contribution in [0.25, 0.3) is 0 Å². The van der Waals surface area contributed by atoms with E-state index in [9.17, 15) is 19.2 Å². The van der Waals surface area contributed by atoms with Crippen LogP contribution in [0.3, 0.4) is 0 Å². The Bertz CT molecular complexity index is 424. The molecule has 1 rings (SSSR count). The Kier molecular flexibility index (Phi) is 5.44. The lowest BCUT2D eigenvalue weighted by Gasteiger charge is -2.39. The summed E-state index contributed by atoms with van der Waals surface area (Å²) in [6, 6.07) is -2.01. The molecule has 1 saturated heterocycles. The summed E-state index contributed by atoms with van der Waals surface area (Å²) in [5.41, 5.74) is 5.19. The van der Waals surface area contributed by atoms with E-state index in [2.05, 4.69) is 5.32 Å². The third-order valence-corrected chi connectivity index (χ3v) is 3.08. The van der Waals surface area contributed by atoms with E-state index in [0.717, 1.165) is 0 Å². The van der Waals surface area contributed by atoms with Crippen molar-refractivity contribution in [2.75, 3.05) is 13.1 Å². The monoisotopic (exact) mass is 287 g/mol. The van der Waals surface area contributed by atoms with E-state index in [4.69, 9.17) is 15.9 Å². The van der Waals surface area contributed by atoms with Crippen LogP contribution in [0.2, 0.25) is 0 Å². The average Bonchev–Trinajstić information content (AvgIpc) is 2.32. The van der Waals surface area contributed by atoms with Gasteiger partial charge in [-0.3, -0.25) is 14.4 Å². The first-order valence-corrected chi connectivity index (χ1v) is 6.11. The van der Waals surface area contributed by atoms with Crippen molar-refractivity contribution in [1.29, 1.82) is 0 Å². The lowest BCUT2D eigenvalue weighted by atomic mass is 10.0. The fourth-order valence-corrected chi connectivity index (χ4v) is 1.87. The summed E-state index contributed by atoms with van der Waals surface area (Å²) < 4.78 is 0.